The SMILES string of the molecule is [N-]=[N+]=Nc1ccc(C(Oc2ccccc2-n2cccc2)C(=O)O)cc1. The van der Waals surface area contributed by atoms with Gasteiger partial charge in [-0.15, -0.1) is 0 Å². The smallest absolute Gasteiger partial charge is 0.349 e. The molecular formula is C18H14N4O3. The second kappa shape index (κ2) is 7.25. The molecule has 3 aromatic rings. The zero-order valence-corrected chi connectivity index (χ0v) is 13.1. The van der Waals surface area contributed by atoms with Crippen LogP contribution in [0, 0.1) is 0 Å². The Morgan fingerprint density at radius 3 is 2.40 bits per heavy atom. The zero-order chi connectivity index (χ0) is 17.6. The Hall–Kier alpha value is -3.70. The Morgan fingerprint density at radius 1 is 1.08 bits per heavy atom. The molecule has 7 heteroatoms. The van der Waals surface area contributed by atoms with Crippen LogP contribution in [0.4, 0.5) is 5.69 Å². The van der Waals surface area contributed by atoms with Crippen LogP contribution in [0.2, 0.25) is 0 Å². The first kappa shape index (κ1) is 16.2. The number of carboxylic acid groups (broad SMARTS) is 1. The molecule has 0 amide bonds. The van der Waals surface area contributed by atoms with E-state index in [1.165, 1.54) is 0 Å². The van der Waals surface area contributed by atoms with E-state index in [9.17, 15) is 9.90 Å². The molecule has 1 unspecified atom stereocenters. The van der Waals surface area contributed by atoms with Crippen LogP contribution in [0.25, 0.3) is 16.1 Å². The number of para-hydroxylation sites is 2. The van der Waals surface area contributed by atoms with Gasteiger partial charge in [-0.1, -0.05) is 41.5 Å². The van der Waals surface area contributed by atoms with Gasteiger partial charge in [0.1, 0.15) is 5.75 Å². The first-order valence-electron chi connectivity index (χ1n) is 7.46. The highest BCUT2D eigenvalue weighted by molar-refractivity contribution is 5.75. The summed E-state index contributed by atoms with van der Waals surface area (Å²) in [6.45, 7) is 0. The second-order valence-electron chi connectivity index (χ2n) is 5.18. The molecule has 1 heterocycles. The molecular weight excluding hydrogens is 320 g/mol. The highest BCUT2D eigenvalue weighted by Crippen LogP contribution is 2.29. The predicted octanol–water partition coefficient (Wildman–Crippen LogP) is 4.62. The van der Waals surface area contributed by atoms with Gasteiger partial charge in [0.05, 0.1) is 5.69 Å². The Labute approximate surface area is 143 Å². The number of benzene rings is 2. The molecule has 0 aliphatic heterocycles. The fraction of sp³-hybridized carbons (Fsp3) is 0.0556. The van der Waals surface area contributed by atoms with Crippen molar-refractivity contribution in [3.05, 3.63) is 89.1 Å². The number of aromatic nitrogens is 1. The second-order valence-corrected chi connectivity index (χ2v) is 5.18. The van der Waals surface area contributed by atoms with Crippen LogP contribution in [-0.2, 0) is 4.79 Å². The molecule has 0 spiro atoms. The quantitative estimate of drug-likeness (QED) is 0.404. The van der Waals surface area contributed by atoms with E-state index in [2.05, 4.69) is 10.0 Å². The minimum atomic E-state index is -1.18. The lowest BCUT2D eigenvalue weighted by atomic mass is 10.1. The minimum absolute atomic E-state index is 0.406. The molecule has 3 rings (SSSR count). The molecule has 7 nitrogen and oxygen atoms in total. The molecule has 1 atom stereocenters. The summed E-state index contributed by atoms with van der Waals surface area (Å²) in [4.78, 5) is 14.4. The first-order valence-corrected chi connectivity index (χ1v) is 7.46. The summed E-state index contributed by atoms with van der Waals surface area (Å²) in [5.41, 5.74) is 10.0. The van der Waals surface area contributed by atoms with Crippen LogP contribution < -0.4 is 4.74 Å². The summed E-state index contributed by atoms with van der Waals surface area (Å²) in [5.74, 6) is -0.663. The van der Waals surface area contributed by atoms with E-state index >= 15 is 0 Å². The number of carbonyl (C=O) groups is 1. The number of nitrogens with zero attached hydrogens (tertiary/aromatic N) is 4. The van der Waals surface area contributed by atoms with E-state index in [0.717, 1.165) is 5.69 Å². The van der Waals surface area contributed by atoms with E-state index in [-0.39, 0.29) is 0 Å². The van der Waals surface area contributed by atoms with Crippen molar-refractivity contribution in [1.82, 2.24) is 4.57 Å². The van der Waals surface area contributed by atoms with E-state index in [0.29, 0.717) is 17.0 Å². The number of aliphatic carboxylic acids is 1. The maximum absolute atomic E-state index is 11.7. The summed E-state index contributed by atoms with van der Waals surface area (Å²) >= 11 is 0. The summed E-state index contributed by atoms with van der Waals surface area (Å²) in [7, 11) is 0. The van der Waals surface area contributed by atoms with Crippen LogP contribution in [0.3, 0.4) is 0 Å². The molecule has 124 valence electrons. The lowest BCUT2D eigenvalue weighted by Crippen LogP contribution is -2.18. The predicted molar refractivity (Wildman–Crippen MR) is 92.0 cm³/mol. The molecule has 0 radical (unpaired) electrons. The van der Waals surface area contributed by atoms with Gasteiger partial charge in [-0.25, -0.2) is 4.79 Å². The number of ether oxygens (including phenoxy) is 1. The monoisotopic (exact) mass is 334 g/mol. The van der Waals surface area contributed by atoms with Crippen LogP contribution in [-0.4, -0.2) is 15.6 Å². The summed E-state index contributed by atoms with van der Waals surface area (Å²) < 4.78 is 7.64. The lowest BCUT2D eigenvalue weighted by Gasteiger charge is -2.18. The average Bonchev–Trinajstić information content (AvgIpc) is 3.15. The van der Waals surface area contributed by atoms with Gasteiger partial charge in [0, 0.05) is 28.6 Å². The Kier molecular flexibility index (Phi) is 4.69. The molecule has 0 saturated heterocycles. The van der Waals surface area contributed by atoms with Crippen molar-refractivity contribution < 1.29 is 14.6 Å². The summed E-state index contributed by atoms with van der Waals surface area (Å²) in [6.07, 6.45) is 2.52. The largest absolute Gasteiger partial charge is 0.478 e. The number of hydrogen-bond acceptors (Lipinski definition) is 3. The van der Waals surface area contributed by atoms with Gasteiger partial charge < -0.3 is 14.4 Å². The highest BCUT2D eigenvalue weighted by atomic mass is 16.5. The van der Waals surface area contributed by atoms with Crippen molar-refractivity contribution in [3.63, 3.8) is 0 Å². The van der Waals surface area contributed by atoms with E-state index < -0.39 is 12.1 Å². The van der Waals surface area contributed by atoms with Crippen LogP contribution in [0.5, 0.6) is 5.75 Å². The summed E-state index contributed by atoms with van der Waals surface area (Å²) in [6, 6.07) is 17.2. The van der Waals surface area contributed by atoms with Crippen LogP contribution in [0.1, 0.15) is 11.7 Å². The number of rotatable bonds is 6. The minimum Gasteiger partial charge on any atom is -0.478 e. The molecule has 0 aliphatic rings. The van der Waals surface area contributed by atoms with Crippen molar-refractivity contribution >= 4 is 11.7 Å². The van der Waals surface area contributed by atoms with Gasteiger partial charge in [0.15, 0.2) is 0 Å². The van der Waals surface area contributed by atoms with E-state index in [4.69, 9.17) is 10.3 Å². The Bertz CT molecular complexity index is 914. The van der Waals surface area contributed by atoms with Crippen molar-refractivity contribution in [2.45, 2.75) is 6.10 Å². The first-order chi connectivity index (χ1) is 12.2. The summed E-state index contributed by atoms with van der Waals surface area (Å²) in [5, 5.41) is 13.0. The maximum Gasteiger partial charge on any atom is 0.349 e. The third-order valence-corrected chi connectivity index (χ3v) is 3.57. The van der Waals surface area contributed by atoms with Gasteiger partial charge in [-0.3, -0.25) is 0 Å². The van der Waals surface area contributed by atoms with Gasteiger partial charge in [-0.2, -0.15) is 0 Å². The van der Waals surface area contributed by atoms with Gasteiger partial charge >= 0.3 is 5.97 Å². The molecule has 25 heavy (non-hydrogen) atoms. The van der Waals surface area contributed by atoms with Crippen molar-refractivity contribution in [2.24, 2.45) is 5.11 Å². The lowest BCUT2D eigenvalue weighted by molar-refractivity contribution is -0.145. The third kappa shape index (κ3) is 3.63. The molecule has 1 N–H and O–H groups in total. The van der Waals surface area contributed by atoms with Crippen molar-refractivity contribution in [3.8, 4) is 11.4 Å². The van der Waals surface area contributed by atoms with Gasteiger partial charge in [0.2, 0.25) is 6.10 Å². The number of carboxylic acids is 1. The van der Waals surface area contributed by atoms with Crippen LogP contribution in [0.15, 0.2) is 78.2 Å². The molecule has 0 saturated carbocycles. The number of hydrogen-bond donors (Lipinski definition) is 1. The Morgan fingerprint density at radius 2 is 1.76 bits per heavy atom. The molecule has 1 aromatic heterocycles. The van der Waals surface area contributed by atoms with Gasteiger partial charge in [-0.05, 0) is 29.8 Å². The Balaban J connectivity index is 1.93. The normalized spacial score (nSPS) is 11.4. The zero-order valence-electron chi connectivity index (χ0n) is 13.1. The van der Waals surface area contributed by atoms with Gasteiger partial charge in [0.25, 0.3) is 0 Å². The standard InChI is InChI=1S/C18H14N4O3/c19-21-20-14-9-7-13(8-10-14)17(18(23)24)25-16-6-2-1-5-15(16)22-11-3-4-12-22/h1-12,17H,(H,23,24). The van der Waals surface area contributed by atoms with Crippen LogP contribution >= 0.6 is 0 Å². The molecule has 0 aliphatic carbocycles. The van der Waals surface area contributed by atoms with Crippen molar-refractivity contribution in [1.29, 1.82) is 0 Å². The highest BCUT2D eigenvalue weighted by Gasteiger charge is 2.23. The average molecular weight is 334 g/mol. The molecule has 0 fully saturated rings. The van der Waals surface area contributed by atoms with Crippen molar-refractivity contribution in [2.75, 3.05) is 0 Å². The molecule has 2 aromatic carbocycles. The molecule has 0 bridgehead atoms. The maximum atomic E-state index is 11.7. The fourth-order valence-corrected chi connectivity index (χ4v) is 2.42. The topological polar surface area (TPSA) is 100 Å². The van der Waals surface area contributed by atoms with E-state index in [1.807, 2.05) is 41.2 Å². The fourth-order valence-electron chi connectivity index (χ4n) is 2.42. The van der Waals surface area contributed by atoms with E-state index in [1.54, 1.807) is 36.4 Å². The number of azide groups is 1. The third-order valence-electron chi connectivity index (χ3n) is 3.57.